The number of nitrogens with one attached hydrogen (secondary N) is 1. The number of aromatic nitrogens is 1. The van der Waals surface area contributed by atoms with E-state index in [4.69, 9.17) is 0 Å². The molecule has 0 bridgehead atoms. The SMILES string of the molecule is Cc1ccc(S(=O)(=O)CCC(=O)Nc2nc(-c3ccc(F)c(F)c3)cs2)cc1. The van der Waals surface area contributed by atoms with Crippen molar-refractivity contribution in [2.75, 3.05) is 11.1 Å². The van der Waals surface area contributed by atoms with Gasteiger partial charge in [0, 0.05) is 17.4 Å². The van der Waals surface area contributed by atoms with E-state index in [1.54, 1.807) is 17.5 Å². The van der Waals surface area contributed by atoms with Crippen LogP contribution in [0.5, 0.6) is 0 Å². The van der Waals surface area contributed by atoms with E-state index in [-0.39, 0.29) is 22.2 Å². The maximum Gasteiger partial charge on any atom is 0.227 e. The molecule has 0 atom stereocenters. The minimum absolute atomic E-state index is 0.167. The van der Waals surface area contributed by atoms with E-state index in [0.717, 1.165) is 29.0 Å². The molecule has 1 heterocycles. The lowest BCUT2D eigenvalue weighted by atomic mass is 10.2. The molecule has 28 heavy (non-hydrogen) atoms. The molecule has 1 amide bonds. The monoisotopic (exact) mass is 422 g/mol. The molecule has 3 aromatic rings. The highest BCUT2D eigenvalue weighted by Gasteiger charge is 2.17. The number of sulfone groups is 1. The Morgan fingerprint density at radius 2 is 1.82 bits per heavy atom. The number of thiazole rings is 1. The Hall–Kier alpha value is -2.65. The first-order chi connectivity index (χ1) is 13.2. The molecule has 0 aliphatic heterocycles. The van der Waals surface area contributed by atoms with Crippen molar-refractivity contribution in [3.05, 3.63) is 65.0 Å². The first kappa shape index (κ1) is 20.1. The van der Waals surface area contributed by atoms with Crippen molar-refractivity contribution in [3.63, 3.8) is 0 Å². The summed E-state index contributed by atoms with van der Waals surface area (Å²) in [7, 11) is -3.57. The molecule has 0 radical (unpaired) electrons. The number of benzene rings is 2. The fourth-order valence-corrected chi connectivity index (χ4v) is 4.37. The third kappa shape index (κ3) is 4.79. The molecule has 0 aliphatic carbocycles. The summed E-state index contributed by atoms with van der Waals surface area (Å²) < 4.78 is 50.9. The van der Waals surface area contributed by atoms with Crippen LogP contribution in [-0.4, -0.2) is 25.1 Å². The molecule has 0 aliphatic rings. The van der Waals surface area contributed by atoms with Gasteiger partial charge in [0.2, 0.25) is 5.91 Å². The maximum absolute atomic E-state index is 13.3. The Kier molecular flexibility index (Phi) is 5.85. The average Bonchev–Trinajstić information content (AvgIpc) is 3.11. The van der Waals surface area contributed by atoms with Crippen LogP contribution in [0.4, 0.5) is 13.9 Å². The normalized spacial score (nSPS) is 11.4. The number of hydrogen-bond donors (Lipinski definition) is 1. The van der Waals surface area contributed by atoms with Crippen molar-refractivity contribution in [1.29, 1.82) is 0 Å². The summed E-state index contributed by atoms with van der Waals surface area (Å²) in [6, 6.07) is 9.81. The molecular formula is C19H16F2N2O3S2. The van der Waals surface area contributed by atoms with Gasteiger partial charge < -0.3 is 5.32 Å². The molecule has 0 fully saturated rings. The topological polar surface area (TPSA) is 76.1 Å². The van der Waals surface area contributed by atoms with Gasteiger partial charge in [0.15, 0.2) is 26.6 Å². The van der Waals surface area contributed by atoms with Crippen LogP contribution in [0.25, 0.3) is 11.3 Å². The number of aryl methyl sites for hydroxylation is 1. The van der Waals surface area contributed by atoms with Crippen LogP contribution in [0, 0.1) is 18.6 Å². The van der Waals surface area contributed by atoms with E-state index in [9.17, 15) is 22.0 Å². The number of carbonyl (C=O) groups is 1. The fraction of sp³-hybridized carbons (Fsp3) is 0.158. The predicted molar refractivity (Wildman–Crippen MR) is 104 cm³/mol. The second-order valence-corrected chi connectivity index (χ2v) is 9.06. The van der Waals surface area contributed by atoms with Crippen molar-refractivity contribution in [2.45, 2.75) is 18.2 Å². The van der Waals surface area contributed by atoms with E-state index in [1.165, 1.54) is 18.2 Å². The summed E-state index contributed by atoms with van der Waals surface area (Å²) in [5.74, 6) is -2.77. The summed E-state index contributed by atoms with van der Waals surface area (Å²) in [6.07, 6.45) is -0.226. The van der Waals surface area contributed by atoms with Crippen LogP contribution in [0.1, 0.15) is 12.0 Å². The maximum atomic E-state index is 13.3. The molecular weight excluding hydrogens is 406 g/mol. The Morgan fingerprint density at radius 3 is 2.50 bits per heavy atom. The third-order valence-corrected chi connectivity index (χ3v) is 6.43. The molecule has 9 heteroatoms. The number of rotatable bonds is 6. The summed E-state index contributed by atoms with van der Waals surface area (Å²) in [5, 5.41) is 4.36. The van der Waals surface area contributed by atoms with Gasteiger partial charge in [0.25, 0.3) is 0 Å². The first-order valence-electron chi connectivity index (χ1n) is 8.25. The smallest absolute Gasteiger partial charge is 0.227 e. The summed E-state index contributed by atoms with van der Waals surface area (Å²) >= 11 is 1.11. The van der Waals surface area contributed by atoms with Crippen LogP contribution in [-0.2, 0) is 14.6 Å². The van der Waals surface area contributed by atoms with Crippen molar-refractivity contribution in [3.8, 4) is 11.3 Å². The van der Waals surface area contributed by atoms with E-state index in [0.29, 0.717) is 11.3 Å². The zero-order valence-electron chi connectivity index (χ0n) is 14.8. The zero-order chi connectivity index (χ0) is 20.3. The van der Waals surface area contributed by atoms with Crippen LogP contribution < -0.4 is 5.32 Å². The lowest BCUT2D eigenvalue weighted by Gasteiger charge is -2.05. The molecule has 1 N–H and O–H groups in total. The van der Waals surface area contributed by atoms with Gasteiger partial charge in [-0.1, -0.05) is 17.7 Å². The van der Waals surface area contributed by atoms with E-state index in [2.05, 4.69) is 10.3 Å². The Morgan fingerprint density at radius 1 is 1.11 bits per heavy atom. The quantitative estimate of drug-likeness (QED) is 0.646. The van der Waals surface area contributed by atoms with Gasteiger partial charge in [-0.3, -0.25) is 4.79 Å². The molecule has 2 aromatic carbocycles. The van der Waals surface area contributed by atoms with Crippen LogP contribution in [0.15, 0.2) is 52.7 Å². The van der Waals surface area contributed by atoms with Crippen molar-refractivity contribution >= 4 is 32.2 Å². The highest BCUT2D eigenvalue weighted by molar-refractivity contribution is 7.91. The minimum Gasteiger partial charge on any atom is -0.302 e. The predicted octanol–water partition coefficient (Wildman–Crippen LogP) is 4.20. The Balaban J connectivity index is 1.61. The van der Waals surface area contributed by atoms with Gasteiger partial charge in [-0.05, 0) is 37.3 Å². The second kappa shape index (κ2) is 8.15. The summed E-state index contributed by atoms with van der Waals surface area (Å²) in [6.45, 7) is 1.85. The molecule has 0 saturated heterocycles. The zero-order valence-corrected chi connectivity index (χ0v) is 16.4. The van der Waals surface area contributed by atoms with Gasteiger partial charge >= 0.3 is 0 Å². The number of anilines is 1. The van der Waals surface area contributed by atoms with Gasteiger partial charge in [-0.25, -0.2) is 22.2 Å². The second-order valence-electron chi connectivity index (χ2n) is 6.10. The Labute approximate surface area is 165 Å². The molecule has 5 nitrogen and oxygen atoms in total. The molecule has 0 spiro atoms. The van der Waals surface area contributed by atoms with E-state index < -0.39 is 27.4 Å². The van der Waals surface area contributed by atoms with E-state index in [1.807, 2.05) is 6.92 Å². The third-order valence-electron chi connectivity index (χ3n) is 3.94. The highest BCUT2D eigenvalue weighted by Crippen LogP contribution is 2.26. The number of carbonyl (C=O) groups excluding carboxylic acids is 1. The molecule has 0 unspecified atom stereocenters. The minimum atomic E-state index is -3.57. The van der Waals surface area contributed by atoms with Crippen LogP contribution >= 0.6 is 11.3 Å². The van der Waals surface area contributed by atoms with Gasteiger partial charge in [0.1, 0.15) is 0 Å². The summed E-state index contributed by atoms with van der Waals surface area (Å²) in [4.78, 5) is 16.4. The number of hydrogen-bond acceptors (Lipinski definition) is 5. The van der Waals surface area contributed by atoms with Gasteiger partial charge in [-0.15, -0.1) is 11.3 Å². The molecule has 0 saturated carbocycles. The standard InChI is InChI=1S/C19H16F2N2O3S2/c1-12-2-5-14(6-3-12)28(25,26)9-8-18(24)23-19-22-17(11-27-19)13-4-7-15(20)16(21)10-13/h2-7,10-11H,8-9H2,1H3,(H,22,23,24). The summed E-state index contributed by atoms with van der Waals surface area (Å²) in [5.41, 5.74) is 1.70. The highest BCUT2D eigenvalue weighted by atomic mass is 32.2. The van der Waals surface area contributed by atoms with Crippen LogP contribution in [0.2, 0.25) is 0 Å². The van der Waals surface area contributed by atoms with E-state index >= 15 is 0 Å². The molecule has 3 rings (SSSR count). The Bertz CT molecular complexity index is 1110. The lowest BCUT2D eigenvalue weighted by Crippen LogP contribution is -2.17. The van der Waals surface area contributed by atoms with Crippen molar-refractivity contribution in [1.82, 2.24) is 4.98 Å². The first-order valence-corrected chi connectivity index (χ1v) is 10.8. The van der Waals surface area contributed by atoms with Crippen LogP contribution in [0.3, 0.4) is 0 Å². The fourth-order valence-electron chi connectivity index (χ4n) is 2.39. The number of amides is 1. The number of halogens is 2. The van der Waals surface area contributed by atoms with Gasteiger partial charge in [-0.2, -0.15) is 0 Å². The van der Waals surface area contributed by atoms with Gasteiger partial charge in [0.05, 0.1) is 16.3 Å². The molecule has 1 aromatic heterocycles. The molecule has 146 valence electrons. The van der Waals surface area contributed by atoms with Crippen molar-refractivity contribution in [2.24, 2.45) is 0 Å². The largest absolute Gasteiger partial charge is 0.302 e. The lowest BCUT2D eigenvalue weighted by molar-refractivity contribution is -0.115. The average molecular weight is 422 g/mol. The van der Waals surface area contributed by atoms with Crippen molar-refractivity contribution < 1.29 is 22.0 Å². The number of nitrogens with zero attached hydrogens (tertiary/aromatic N) is 1.